The van der Waals surface area contributed by atoms with E-state index in [-0.39, 0.29) is 17.9 Å². The summed E-state index contributed by atoms with van der Waals surface area (Å²) in [5.41, 5.74) is 0.425. The molecule has 2 aliphatic rings. The molecule has 1 atom stereocenters. The van der Waals surface area contributed by atoms with Gasteiger partial charge in [0.1, 0.15) is 6.04 Å². The second-order valence-corrected chi connectivity index (χ2v) is 7.22. The molecular weight excluding hydrogens is 349 g/mol. The maximum absolute atomic E-state index is 12.8. The van der Waals surface area contributed by atoms with Crippen molar-refractivity contribution in [1.82, 2.24) is 15.5 Å². The maximum Gasteiger partial charge on any atom is 0.254 e. The van der Waals surface area contributed by atoms with Crippen LogP contribution in [0.5, 0.6) is 0 Å². The van der Waals surface area contributed by atoms with Crippen molar-refractivity contribution in [1.29, 1.82) is 0 Å². The summed E-state index contributed by atoms with van der Waals surface area (Å²) >= 11 is 12.0. The molecule has 1 unspecified atom stereocenters. The lowest BCUT2D eigenvalue weighted by Crippen LogP contribution is -2.51. The minimum Gasteiger partial charge on any atom is -0.351 e. The van der Waals surface area contributed by atoms with Gasteiger partial charge in [-0.1, -0.05) is 23.2 Å². The van der Waals surface area contributed by atoms with Crippen molar-refractivity contribution in [2.75, 3.05) is 19.6 Å². The van der Waals surface area contributed by atoms with Crippen molar-refractivity contribution in [3.05, 3.63) is 33.8 Å². The normalized spacial score (nSPS) is 21.8. The van der Waals surface area contributed by atoms with Crippen LogP contribution in [0.4, 0.5) is 0 Å². The van der Waals surface area contributed by atoms with Gasteiger partial charge in [-0.15, -0.1) is 0 Å². The largest absolute Gasteiger partial charge is 0.351 e. The SMILES string of the molecule is O=C(NC1CCNCC1)C1CCCN1C(=O)c1cc(Cl)cc(Cl)c1. The van der Waals surface area contributed by atoms with E-state index in [1.54, 1.807) is 23.1 Å². The molecule has 1 aromatic rings. The van der Waals surface area contributed by atoms with Crippen molar-refractivity contribution in [3.8, 4) is 0 Å². The van der Waals surface area contributed by atoms with Crippen LogP contribution in [-0.2, 0) is 4.79 Å². The van der Waals surface area contributed by atoms with Crippen LogP contribution in [0.15, 0.2) is 18.2 Å². The zero-order valence-corrected chi connectivity index (χ0v) is 14.9. The summed E-state index contributed by atoms with van der Waals surface area (Å²) in [6.45, 7) is 2.41. The summed E-state index contributed by atoms with van der Waals surface area (Å²) in [6.07, 6.45) is 3.37. The van der Waals surface area contributed by atoms with Crippen LogP contribution in [-0.4, -0.2) is 48.4 Å². The predicted octanol–water partition coefficient (Wildman–Crippen LogP) is 2.47. The lowest BCUT2D eigenvalue weighted by atomic mass is 10.1. The van der Waals surface area contributed by atoms with E-state index in [2.05, 4.69) is 10.6 Å². The van der Waals surface area contributed by atoms with Gasteiger partial charge < -0.3 is 15.5 Å². The molecule has 2 saturated heterocycles. The zero-order chi connectivity index (χ0) is 17.1. The Morgan fingerprint density at radius 1 is 1.08 bits per heavy atom. The number of nitrogens with zero attached hydrogens (tertiary/aromatic N) is 1. The van der Waals surface area contributed by atoms with Crippen molar-refractivity contribution < 1.29 is 9.59 Å². The number of hydrogen-bond acceptors (Lipinski definition) is 3. The molecule has 2 amide bonds. The van der Waals surface area contributed by atoms with Crippen molar-refractivity contribution in [3.63, 3.8) is 0 Å². The highest BCUT2D eigenvalue weighted by Gasteiger charge is 2.35. The Bertz CT molecular complexity index is 612. The number of likely N-dealkylation sites (tertiary alicyclic amines) is 1. The highest BCUT2D eigenvalue weighted by atomic mass is 35.5. The van der Waals surface area contributed by atoms with E-state index in [9.17, 15) is 9.59 Å². The second-order valence-electron chi connectivity index (χ2n) is 6.35. The minimum atomic E-state index is -0.412. The maximum atomic E-state index is 12.8. The molecular formula is C17H21Cl2N3O2. The average Bonchev–Trinajstić information content (AvgIpc) is 3.04. The molecule has 0 aromatic heterocycles. The van der Waals surface area contributed by atoms with Gasteiger partial charge >= 0.3 is 0 Å². The fourth-order valence-electron chi connectivity index (χ4n) is 3.39. The van der Waals surface area contributed by atoms with Gasteiger partial charge in [-0.05, 0) is 57.0 Å². The number of rotatable bonds is 3. The first-order valence-corrected chi connectivity index (χ1v) is 9.08. The second kappa shape index (κ2) is 7.72. The van der Waals surface area contributed by atoms with Crippen LogP contribution >= 0.6 is 23.2 Å². The Morgan fingerprint density at radius 3 is 2.42 bits per heavy atom. The van der Waals surface area contributed by atoms with Gasteiger partial charge in [0.25, 0.3) is 5.91 Å². The molecule has 7 heteroatoms. The fourth-order valence-corrected chi connectivity index (χ4v) is 3.92. The first-order valence-electron chi connectivity index (χ1n) is 8.33. The Hall–Kier alpha value is -1.30. The highest BCUT2D eigenvalue weighted by molar-refractivity contribution is 6.35. The molecule has 0 aliphatic carbocycles. The first-order chi connectivity index (χ1) is 11.5. The van der Waals surface area contributed by atoms with E-state index < -0.39 is 6.04 Å². The molecule has 0 saturated carbocycles. The van der Waals surface area contributed by atoms with Crippen molar-refractivity contribution in [2.45, 2.75) is 37.8 Å². The highest BCUT2D eigenvalue weighted by Crippen LogP contribution is 2.24. The standard InChI is InChI=1S/C17H21Cl2N3O2/c18-12-8-11(9-13(19)10-12)17(24)22-7-1-2-15(22)16(23)21-14-3-5-20-6-4-14/h8-10,14-15,20H,1-7H2,(H,21,23). The van der Waals surface area contributed by atoms with E-state index in [4.69, 9.17) is 23.2 Å². The number of hydrogen-bond donors (Lipinski definition) is 2. The third-order valence-corrected chi connectivity index (χ3v) is 5.05. The minimum absolute atomic E-state index is 0.0547. The van der Waals surface area contributed by atoms with Crippen LogP contribution in [0, 0.1) is 0 Å². The molecule has 3 rings (SSSR count). The quantitative estimate of drug-likeness (QED) is 0.860. The van der Waals surface area contributed by atoms with Gasteiger partial charge in [0.05, 0.1) is 0 Å². The van der Waals surface area contributed by atoms with E-state index in [1.165, 1.54) is 0 Å². The van der Waals surface area contributed by atoms with Gasteiger partial charge in [0.15, 0.2) is 0 Å². The van der Waals surface area contributed by atoms with Crippen LogP contribution in [0.2, 0.25) is 10.0 Å². The molecule has 5 nitrogen and oxygen atoms in total. The third-order valence-electron chi connectivity index (χ3n) is 4.61. The van der Waals surface area contributed by atoms with Gasteiger partial charge in [0, 0.05) is 28.2 Å². The fraction of sp³-hybridized carbons (Fsp3) is 0.529. The lowest BCUT2D eigenvalue weighted by molar-refractivity contribution is -0.125. The molecule has 2 fully saturated rings. The average molecular weight is 370 g/mol. The number of nitrogens with one attached hydrogen (secondary N) is 2. The Morgan fingerprint density at radius 2 is 1.75 bits per heavy atom. The molecule has 0 bridgehead atoms. The van der Waals surface area contributed by atoms with E-state index in [0.29, 0.717) is 28.6 Å². The van der Waals surface area contributed by atoms with E-state index in [1.807, 2.05) is 0 Å². The van der Waals surface area contributed by atoms with Gasteiger partial charge in [-0.3, -0.25) is 9.59 Å². The Kier molecular flexibility index (Phi) is 5.64. The summed E-state index contributed by atoms with van der Waals surface area (Å²) in [4.78, 5) is 27.0. The molecule has 0 spiro atoms. The van der Waals surface area contributed by atoms with Crippen LogP contribution in [0.1, 0.15) is 36.0 Å². The lowest BCUT2D eigenvalue weighted by Gasteiger charge is -2.28. The van der Waals surface area contributed by atoms with Crippen LogP contribution in [0.3, 0.4) is 0 Å². The number of halogens is 2. The summed E-state index contributed by atoms with van der Waals surface area (Å²) in [6, 6.07) is 4.55. The summed E-state index contributed by atoms with van der Waals surface area (Å²) in [7, 11) is 0. The number of carbonyl (C=O) groups is 2. The molecule has 2 N–H and O–H groups in total. The van der Waals surface area contributed by atoms with Crippen molar-refractivity contribution >= 4 is 35.0 Å². The summed E-state index contributed by atoms with van der Waals surface area (Å²) in [5.74, 6) is -0.247. The number of amides is 2. The molecule has 2 heterocycles. The summed E-state index contributed by atoms with van der Waals surface area (Å²) in [5, 5.41) is 7.21. The third kappa shape index (κ3) is 4.02. The van der Waals surface area contributed by atoms with Gasteiger partial charge in [-0.25, -0.2) is 0 Å². The first kappa shape index (κ1) is 17.5. The van der Waals surface area contributed by atoms with E-state index in [0.717, 1.165) is 32.4 Å². The zero-order valence-electron chi connectivity index (χ0n) is 13.4. The smallest absolute Gasteiger partial charge is 0.254 e. The molecule has 0 radical (unpaired) electrons. The van der Waals surface area contributed by atoms with Crippen LogP contribution < -0.4 is 10.6 Å². The summed E-state index contributed by atoms with van der Waals surface area (Å²) < 4.78 is 0. The topological polar surface area (TPSA) is 61.4 Å². The van der Waals surface area contributed by atoms with Crippen molar-refractivity contribution in [2.24, 2.45) is 0 Å². The Balaban J connectivity index is 1.69. The number of carbonyl (C=O) groups excluding carboxylic acids is 2. The monoisotopic (exact) mass is 369 g/mol. The molecule has 1 aromatic carbocycles. The predicted molar refractivity (Wildman–Crippen MR) is 94.6 cm³/mol. The van der Waals surface area contributed by atoms with Gasteiger partial charge in [0.2, 0.25) is 5.91 Å². The molecule has 24 heavy (non-hydrogen) atoms. The number of benzene rings is 1. The van der Waals surface area contributed by atoms with Crippen LogP contribution in [0.25, 0.3) is 0 Å². The number of piperidine rings is 1. The molecule has 130 valence electrons. The van der Waals surface area contributed by atoms with Gasteiger partial charge in [-0.2, -0.15) is 0 Å². The Labute approximate surface area is 151 Å². The van der Waals surface area contributed by atoms with E-state index >= 15 is 0 Å². The molecule has 2 aliphatic heterocycles.